The maximum absolute atomic E-state index is 5.40. The Balaban J connectivity index is 1.08. The summed E-state index contributed by atoms with van der Waals surface area (Å²) in [7, 11) is 0. The Morgan fingerprint density at radius 2 is 1.60 bits per heavy atom. The van der Waals surface area contributed by atoms with Gasteiger partial charge in [-0.3, -0.25) is 0 Å². The molecule has 0 amide bonds. The van der Waals surface area contributed by atoms with Crippen LogP contribution < -0.4 is 5.32 Å². The van der Waals surface area contributed by atoms with E-state index in [2.05, 4.69) is 15.1 Å². The van der Waals surface area contributed by atoms with E-state index in [0.29, 0.717) is 0 Å². The van der Waals surface area contributed by atoms with E-state index >= 15 is 0 Å². The number of hydrogen-bond donors (Lipinski definition) is 1. The van der Waals surface area contributed by atoms with Crippen molar-refractivity contribution in [1.29, 1.82) is 0 Å². The molecule has 2 saturated heterocycles. The van der Waals surface area contributed by atoms with E-state index < -0.39 is 0 Å². The topological polar surface area (TPSA) is 18.5 Å². The van der Waals surface area contributed by atoms with Crippen molar-refractivity contribution in [2.45, 2.75) is 57.8 Å². The quantitative estimate of drug-likeness (QED) is 0.755. The minimum atomic E-state index is 0.763. The minimum Gasteiger partial charge on any atom is -0.361 e. The zero-order valence-corrected chi connectivity index (χ0v) is 16.5. The monoisotopic (exact) mass is 361 g/mol. The predicted octanol–water partition coefficient (Wildman–Crippen LogP) is 3.50. The lowest BCUT2D eigenvalue weighted by Gasteiger charge is -2.57. The summed E-state index contributed by atoms with van der Waals surface area (Å²) in [4.78, 5) is 5.18. The molecule has 0 aromatic heterocycles. The SMILES string of the molecule is S=C1NCCN1CC1CCN(CCC23CC4CC(CC(C4)C2)C3)CC1. The summed E-state index contributed by atoms with van der Waals surface area (Å²) >= 11 is 5.40. The molecule has 2 heterocycles. The Kier molecular flexibility index (Phi) is 4.48. The van der Waals surface area contributed by atoms with Gasteiger partial charge in [0.25, 0.3) is 0 Å². The fraction of sp³-hybridized carbons (Fsp3) is 0.952. The number of nitrogens with zero attached hydrogens (tertiary/aromatic N) is 2. The molecule has 2 aliphatic heterocycles. The van der Waals surface area contributed by atoms with Gasteiger partial charge in [0, 0.05) is 19.6 Å². The zero-order valence-electron chi connectivity index (χ0n) is 15.7. The third-order valence-corrected chi connectivity index (χ3v) is 8.66. The highest BCUT2D eigenvalue weighted by Gasteiger charge is 2.50. The van der Waals surface area contributed by atoms with Crippen molar-refractivity contribution < 1.29 is 0 Å². The summed E-state index contributed by atoms with van der Waals surface area (Å²) in [6.07, 6.45) is 13.7. The molecule has 3 nitrogen and oxygen atoms in total. The van der Waals surface area contributed by atoms with Crippen LogP contribution in [0.1, 0.15) is 57.8 Å². The summed E-state index contributed by atoms with van der Waals surface area (Å²) in [5, 5.41) is 4.29. The molecule has 0 atom stereocenters. The molecule has 0 spiro atoms. The van der Waals surface area contributed by atoms with Gasteiger partial charge in [-0.05, 0) is 119 Å². The summed E-state index contributed by atoms with van der Waals surface area (Å²) < 4.78 is 0. The third kappa shape index (κ3) is 3.45. The lowest BCUT2D eigenvalue weighted by molar-refractivity contribution is -0.0619. The third-order valence-electron chi connectivity index (χ3n) is 8.25. The van der Waals surface area contributed by atoms with Gasteiger partial charge in [0.2, 0.25) is 0 Å². The van der Waals surface area contributed by atoms with Gasteiger partial charge in [0.1, 0.15) is 0 Å². The first-order chi connectivity index (χ1) is 12.2. The number of piperidine rings is 1. The molecular weight excluding hydrogens is 326 g/mol. The molecule has 0 aromatic carbocycles. The molecule has 1 N–H and O–H groups in total. The Hall–Kier alpha value is -0.350. The van der Waals surface area contributed by atoms with Crippen molar-refractivity contribution in [3.63, 3.8) is 0 Å². The van der Waals surface area contributed by atoms with Crippen molar-refractivity contribution in [1.82, 2.24) is 15.1 Å². The maximum atomic E-state index is 5.40. The lowest BCUT2D eigenvalue weighted by Crippen LogP contribution is -2.48. The zero-order chi connectivity index (χ0) is 16.9. The fourth-order valence-electron chi connectivity index (χ4n) is 7.38. The van der Waals surface area contributed by atoms with E-state index in [1.807, 2.05) is 0 Å². The second-order valence-corrected chi connectivity index (χ2v) is 10.5. The van der Waals surface area contributed by atoms with Gasteiger partial charge >= 0.3 is 0 Å². The van der Waals surface area contributed by atoms with Crippen LogP contribution in [0.2, 0.25) is 0 Å². The number of thiocarbonyl (C=S) groups is 1. The Bertz CT molecular complexity index is 476. The molecule has 6 fully saturated rings. The van der Waals surface area contributed by atoms with E-state index in [1.165, 1.54) is 45.4 Å². The molecule has 6 rings (SSSR count). The van der Waals surface area contributed by atoms with Gasteiger partial charge in [-0.15, -0.1) is 0 Å². The molecule has 0 unspecified atom stereocenters. The normalized spacial score (nSPS) is 41.5. The van der Waals surface area contributed by atoms with Gasteiger partial charge in [0.05, 0.1) is 0 Å². The standard InChI is InChI=1S/C21H35N3S/c25-20-22-4-8-24(20)15-16-1-5-23(6-2-16)7-3-21-12-17-9-18(13-21)11-19(10-17)14-21/h16-19H,1-15H2,(H,22,25). The molecule has 25 heavy (non-hydrogen) atoms. The van der Waals surface area contributed by atoms with E-state index in [0.717, 1.165) is 47.3 Å². The van der Waals surface area contributed by atoms with E-state index in [4.69, 9.17) is 12.2 Å². The maximum Gasteiger partial charge on any atom is 0.169 e. The van der Waals surface area contributed by atoms with Crippen LogP contribution in [0.15, 0.2) is 0 Å². The largest absolute Gasteiger partial charge is 0.361 e. The van der Waals surface area contributed by atoms with Crippen LogP contribution in [0.3, 0.4) is 0 Å². The molecule has 4 aliphatic carbocycles. The first-order valence-electron chi connectivity index (χ1n) is 10.9. The molecule has 0 aromatic rings. The van der Waals surface area contributed by atoms with Crippen molar-refractivity contribution >= 4 is 17.3 Å². The Morgan fingerprint density at radius 3 is 2.16 bits per heavy atom. The van der Waals surface area contributed by atoms with Crippen molar-refractivity contribution in [3.8, 4) is 0 Å². The van der Waals surface area contributed by atoms with Crippen molar-refractivity contribution in [3.05, 3.63) is 0 Å². The van der Waals surface area contributed by atoms with E-state index in [9.17, 15) is 0 Å². The van der Waals surface area contributed by atoms with Gasteiger partial charge in [-0.2, -0.15) is 0 Å². The van der Waals surface area contributed by atoms with Gasteiger partial charge in [0.15, 0.2) is 5.11 Å². The Morgan fingerprint density at radius 1 is 0.960 bits per heavy atom. The van der Waals surface area contributed by atoms with Gasteiger partial charge in [-0.25, -0.2) is 0 Å². The van der Waals surface area contributed by atoms with Gasteiger partial charge in [-0.1, -0.05) is 0 Å². The summed E-state index contributed by atoms with van der Waals surface area (Å²) in [6, 6.07) is 0. The second-order valence-electron chi connectivity index (χ2n) is 10.1. The first kappa shape index (κ1) is 16.8. The van der Waals surface area contributed by atoms with Crippen molar-refractivity contribution in [2.75, 3.05) is 39.3 Å². The van der Waals surface area contributed by atoms with Crippen LogP contribution >= 0.6 is 12.2 Å². The average molecular weight is 362 g/mol. The summed E-state index contributed by atoms with van der Waals surface area (Å²) in [5.41, 5.74) is 0.763. The second kappa shape index (κ2) is 6.67. The van der Waals surface area contributed by atoms with Gasteiger partial charge < -0.3 is 15.1 Å². The molecule has 140 valence electrons. The highest BCUT2D eigenvalue weighted by molar-refractivity contribution is 7.80. The number of nitrogens with one attached hydrogen (secondary N) is 1. The van der Waals surface area contributed by atoms with Crippen molar-refractivity contribution in [2.24, 2.45) is 29.1 Å². The minimum absolute atomic E-state index is 0.763. The molecule has 4 saturated carbocycles. The number of rotatable bonds is 5. The Labute approximate surface area is 158 Å². The van der Waals surface area contributed by atoms with Crippen LogP contribution in [0.4, 0.5) is 0 Å². The first-order valence-corrected chi connectivity index (χ1v) is 11.3. The van der Waals surface area contributed by atoms with Crippen LogP contribution in [0.25, 0.3) is 0 Å². The summed E-state index contributed by atoms with van der Waals surface area (Å²) in [5.74, 6) is 4.17. The van der Waals surface area contributed by atoms with Crippen LogP contribution in [0.5, 0.6) is 0 Å². The fourth-order valence-corrected chi connectivity index (χ4v) is 7.65. The molecular formula is C21H35N3S. The number of hydrogen-bond acceptors (Lipinski definition) is 2. The predicted molar refractivity (Wildman–Crippen MR) is 107 cm³/mol. The molecule has 6 aliphatic rings. The lowest BCUT2D eigenvalue weighted by atomic mass is 9.49. The highest BCUT2D eigenvalue weighted by atomic mass is 32.1. The smallest absolute Gasteiger partial charge is 0.169 e. The van der Waals surface area contributed by atoms with E-state index in [-0.39, 0.29) is 0 Å². The molecule has 4 bridgehead atoms. The van der Waals surface area contributed by atoms with Crippen LogP contribution in [-0.4, -0.2) is 54.2 Å². The van der Waals surface area contributed by atoms with Crippen LogP contribution in [-0.2, 0) is 0 Å². The van der Waals surface area contributed by atoms with E-state index in [1.54, 1.807) is 38.5 Å². The van der Waals surface area contributed by atoms with Crippen LogP contribution in [0, 0.1) is 29.1 Å². The molecule has 0 radical (unpaired) electrons. The summed E-state index contributed by atoms with van der Waals surface area (Å²) in [6.45, 7) is 7.38. The number of likely N-dealkylation sites (tertiary alicyclic amines) is 1. The highest BCUT2D eigenvalue weighted by Crippen LogP contribution is 2.61. The molecule has 4 heteroatoms. The average Bonchev–Trinajstić information content (AvgIpc) is 2.98.